The standard InChI is InChI=1S/C57H69N9O13/c1-32(2)49(58)51(68)63-41(8-6-19-60-55(59)72)50(67)62-36-13-9-33(10-14-36)30-79-56(73)66-43-26-48(46(76-5)24-40(43)53(70)65-31-57(17-18-57)27-44(65)54(66)71)78-21-7-20-77-47-25-42-39(23-45(47)75-4)52(69)64-29-35(22-37(64)28-61-42)34-11-15-38(74-3)16-12-34/h9-16,23-26,29,32,37,41,44,49,54,61,71H,6-8,17-22,27-28,30-31,58H2,1-5H3,(H,62,67)(H,63,68)(H3,59,60,72)/t37-,41-,44-,49-,54?/m0/s1. The molecule has 4 aliphatic heterocycles. The van der Waals surface area contributed by atoms with Gasteiger partial charge in [-0.05, 0) is 103 Å². The molecular weight excluding hydrogens is 1020 g/mol. The Bertz CT molecular complexity index is 2980. The lowest BCUT2D eigenvalue weighted by Crippen LogP contribution is -2.51. The van der Waals surface area contributed by atoms with E-state index in [1.165, 1.54) is 26.4 Å². The van der Waals surface area contributed by atoms with Gasteiger partial charge in [0.1, 0.15) is 18.4 Å². The van der Waals surface area contributed by atoms with Crippen LogP contribution in [0.5, 0.6) is 28.7 Å². The average molecular weight is 1090 g/mol. The highest BCUT2D eigenvalue weighted by Crippen LogP contribution is 2.57. The molecule has 1 saturated heterocycles. The summed E-state index contributed by atoms with van der Waals surface area (Å²) in [5, 5.41) is 23.5. The van der Waals surface area contributed by atoms with E-state index in [2.05, 4.69) is 21.3 Å². The minimum absolute atomic E-state index is 0.0814. The van der Waals surface area contributed by atoms with Crippen LogP contribution in [0.1, 0.15) is 90.6 Å². The highest BCUT2D eigenvalue weighted by Gasteiger charge is 2.58. The summed E-state index contributed by atoms with van der Waals surface area (Å²) >= 11 is 0. The van der Waals surface area contributed by atoms with E-state index in [1.54, 1.807) is 67.2 Å². The van der Waals surface area contributed by atoms with Crippen molar-refractivity contribution in [2.75, 3.05) is 69.7 Å². The van der Waals surface area contributed by atoms with Crippen LogP contribution in [0.25, 0.3) is 5.57 Å². The minimum atomic E-state index is -1.47. The first-order valence-electron chi connectivity index (χ1n) is 26.6. The summed E-state index contributed by atoms with van der Waals surface area (Å²) in [6.45, 7) is 4.81. The molecule has 9 N–H and O–H groups in total. The molecule has 1 aliphatic carbocycles. The average Bonchev–Trinajstić information content (AvgIpc) is 4.13. The third-order valence-corrected chi connectivity index (χ3v) is 15.3. The van der Waals surface area contributed by atoms with Crippen molar-refractivity contribution in [2.24, 2.45) is 22.8 Å². The summed E-state index contributed by atoms with van der Waals surface area (Å²) in [6, 6.07) is 17.5. The number of anilines is 3. The van der Waals surface area contributed by atoms with Crippen LogP contribution in [0.2, 0.25) is 0 Å². The molecule has 79 heavy (non-hydrogen) atoms. The zero-order valence-corrected chi connectivity index (χ0v) is 45.0. The van der Waals surface area contributed by atoms with Crippen LogP contribution in [0, 0.1) is 11.3 Å². The van der Waals surface area contributed by atoms with Crippen LogP contribution in [-0.4, -0.2) is 135 Å². The Morgan fingerprint density at radius 1 is 0.835 bits per heavy atom. The first kappa shape index (κ1) is 55.5. The number of urea groups is 1. The molecule has 1 saturated carbocycles. The van der Waals surface area contributed by atoms with Crippen LogP contribution in [-0.2, 0) is 20.9 Å². The number of primary amides is 1. The number of aliphatic hydroxyl groups is 1. The summed E-state index contributed by atoms with van der Waals surface area (Å²) in [5.74, 6) is 0.331. The first-order chi connectivity index (χ1) is 38.0. The van der Waals surface area contributed by atoms with E-state index in [9.17, 15) is 33.9 Å². The quantitative estimate of drug-likeness (QED) is 0.0503. The molecule has 9 rings (SSSR count). The Kier molecular flexibility index (Phi) is 16.7. The number of hydrogen-bond donors (Lipinski definition) is 7. The van der Waals surface area contributed by atoms with Gasteiger partial charge in [0.2, 0.25) is 11.8 Å². The normalized spacial score (nSPS) is 19.3. The number of carbonyl (C=O) groups excluding carboxylic acids is 6. The van der Waals surface area contributed by atoms with E-state index < -0.39 is 48.3 Å². The Balaban J connectivity index is 0.854. The predicted octanol–water partition coefficient (Wildman–Crippen LogP) is 5.57. The first-order valence-corrected chi connectivity index (χ1v) is 26.6. The number of ether oxygens (including phenoxy) is 6. The van der Waals surface area contributed by atoms with E-state index in [0.717, 1.165) is 34.6 Å². The Morgan fingerprint density at radius 3 is 2.16 bits per heavy atom. The van der Waals surface area contributed by atoms with Gasteiger partial charge in [-0.2, -0.15) is 0 Å². The van der Waals surface area contributed by atoms with E-state index in [1.807, 2.05) is 30.5 Å². The topological polar surface area (TPSA) is 288 Å². The lowest BCUT2D eigenvalue weighted by molar-refractivity contribution is -0.128. The van der Waals surface area contributed by atoms with Crippen LogP contribution >= 0.6 is 0 Å². The summed E-state index contributed by atoms with van der Waals surface area (Å²) in [7, 11) is 4.59. The van der Waals surface area contributed by atoms with Gasteiger partial charge in [0.15, 0.2) is 29.2 Å². The molecule has 2 fully saturated rings. The summed E-state index contributed by atoms with van der Waals surface area (Å²) in [5.41, 5.74) is 15.4. The maximum absolute atomic E-state index is 14.4. The molecule has 1 unspecified atom stereocenters. The van der Waals surface area contributed by atoms with Gasteiger partial charge in [0, 0.05) is 50.1 Å². The molecule has 0 bridgehead atoms. The Hall–Kier alpha value is -8.24. The van der Waals surface area contributed by atoms with Crippen LogP contribution in [0.3, 0.4) is 0 Å². The number of nitrogens with zero attached hydrogens (tertiary/aromatic N) is 3. The highest BCUT2D eigenvalue weighted by molar-refractivity contribution is 6.06. The fourth-order valence-electron chi connectivity index (χ4n) is 10.5. The van der Waals surface area contributed by atoms with Crippen molar-refractivity contribution >= 4 is 58.4 Å². The van der Waals surface area contributed by atoms with Gasteiger partial charge in [0.25, 0.3) is 11.8 Å². The molecule has 5 atom stereocenters. The smallest absolute Gasteiger partial charge is 0.416 e. The van der Waals surface area contributed by atoms with Gasteiger partial charge in [-0.25, -0.2) is 14.5 Å². The van der Waals surface area contributed by atoms with Gasteiger partial charge in [-0.3, -0.25) is 19.2 Å². The Morgan fingerprint density at radius 2 is 1.52 bits per heavy atom. The van der Waals surface area contributed by atoms with Crippen molar-refractivity contribution in [3.05, 3.63) is 101 Å². The van der Waals surface area contributed by atoms with E-state index in [0.29, 0.717) is 72.8 Å². The fraction of sp³-hybridized carbons (Fsp3) is 0.439. The van der Waals surface area contributed by atoms with E-state index >= 15 is 0 Å². The maximum Gasteiger partial charge on any atom is 0.416 e. The number of methoxy groups -OCH3 is 3. The van der Waals surface area contributed by atoms with Crippen LogP contribution in [0.4, 0.5) is 26.7 Å². The van der Waals surface area contributed by atoms with Crippen molar-refractivity contribution in [3.8, 4) is 28.7 Å². The minimum Gasteiger partial charge on any atom is -0.497 e. The molecule has 22 nitrogen and oxygen atoms in total. The van der Waals surface area contributed by atoms with Gasteiger partial charge in [0.05, 0.1) is 75.2 Å². The Labute approximate surface area is 458 Å². The van der Waals surface area contributed by atoms with Crippen molar-refractivity contribution in [2.45, 2.75) is 95.8 Å². The van der Waals surface area contributed by atoms with Crippen molar-refractivity contribution < 1.29 is 62.3 Å². The number of hydrogen-bond acceptors (Lipinski definition) is 15. The number of aliphatic hydroxyl groups excluding tert-OH is 1. The molecular formula is C57H69N9O13. The monoisotopic (exact) mass is 1090 g/mol. The second-order valence-electron chi connectivity index (χ2n) is 20.9. The number of fused-ring (bicyclic) bond motifs is 4. The zero-order chi connectivity index (χ0) is 56.1. The van der Waals surface area contributed by atoms with Gasteiger partial charge < -0.3 is 76.1 Å². The van der Waals surface area contributed by atoms with E-state index in [4.69, 9.17) is 39.9 Å². The lowest BCUT2D eigenvalue weighted by Gasteiger charge is -2.31. The summed E-state index contributed by atoms with van der Waals surface area (Å²) < 4.78 is 35.1. The van der Waals surface area contributed by atoms with Crippen molar-refractivity contribution in [1.29, 1.82) is 0 Å². The molecule has 4 heterocycles. The lowest BCUT2D eigenvalue weighted by atomic mass is 10.0. The number of rotatable bonds is 21. The summed E-state index contributed by atoms with van der Waals surface area (Å²) in [6.07, 6.45) is 3.44. The van der Waals surface area contributed by atoms with Gasteiger partial charge >= 0.3 is 12.1 Å². The SMILES string of the molecule is COc1ccc(C2=CN3C(=O)c4cc(OC)c(OCCCOc5cc6c(cc5OC)C(=O)N5CC7(CC7)C[C@H]5C(O)N6C(=O)OCc5ccc(NC(=O)[C@H](CCCNC(N)=O)NC(=O)[C@@H](N)C(C)C)cc5)cc4NC[C@@H]3C2)cc1. The van der Waals surface area contributed by atoms with Gasteiger partial charge in [-0.1, -0.05) is 38.1 Å². The van der Waals surface area contributed by atoms with Crippen LogP contribution < -0.4 is 61.3 Å². The number of nitrogens with two attached hydrogens (primary N) is 2. The molecule has 5 aliphatic rings. The number of amides is 7. The predicted molar refractivity (Wildman–Crippen MR) is 292 cm³/mol. The second kappa shape index (κ2) is 23.8. The van der Waals surface area contributed by atoms with Crippen molar-refractivity contribution in [1.82, 2.24) is 20.4 Å². The van der Waals surface area contributed by atoms with Crippen LogP contribution in [0.15, 0.2) is 79.0 Å². The number of benzene rings is 4. The maximum atomic E-state index is 14.4. The molecule has 4 aromatic rings. The third kappa shape index (κ3) is 12.2. The molecule has 420 valence electrons. The van der Waals surface area contributed by atoms with E-state index in [-0.39, 0.29) is 84.7 Å². The molecule has 7 amide bonds. The number of carbonyl (C=O) groups is 6. The zero-order valence-electron chi connectivity index (χ0n) is 45.0. The molecule has 22 heteroatoms. The van der Waals surface area contributed by atoms with Crippen molar-refractivity contribution in [3.63, 3.8) is 0 Å². The largest absolute Gasteiger partial charge is 0.497 e. The molecule has 1 spiro atoms. The number of nitrogens with one attached hydrogen (secondary N) is 4. The third-order valence-electron chi connectivity index (χ3n) is 15.3. The molecule has 4 aromatic carbocycles. The fourth-order valence-corrected chi connectivity index (χ4v) is 10.5. The second-order valence-corrected chi connectivity index (χ2v) is 20.9. The van der Waals surface area contributed by atoms with Gasteiger partial charge in [-0.15, -0.1) is 0 Å². The molecule has 0 radical (unpaired) electrons. The highest BCUT2D eigenvalue weighted by atomic mass is 16.6. The summed E-state index contributed by atoms with van der Waals surface area (Å²) in [4.78, 5) is 84.7. The molecule has 0 aromatic heterocycles.